The molecule has 2 N–H and O–H groups in total. The number of rotatable bonds is 3. The lowest BCUT2D eigenvalue weighted by molar-refractivity contribution is -0.139. The summed E-state index contributed by atoms with van der Waals surface area (Å²) in [5.41, 5.74) is 0.0973. The summed E-state index contributed by atoms with van der Waals surface area (Å²) in [4.78, 5) is 41.1. The number of carbonyl (C=O) groups excluding carboxylic acids is 3. The largest absolute Gasteiger partial charge is 0.371 e. The van der Waals surface area contributed by atoms with Gasteiger partial charge in [-0.05, 0) is 25.0 Å². The van der Waals surface area contributed by atoms with Crippen LogP contribution in [0.4, 0.5) is 10.5 Å². The molecule has 1 aromatic carbocycles. The molecule has 1 aromatic rings. The van der Waals surface area contributed by atoms with E-state index in [4.69, 9.17) is 4.74 Å². The van der Waals surface area contributed by atoms with Gasteiger partial charge >= 0.3 is 6.03 Å². The number of nitrogens with one attached hydrogen (secondary N) is 2. The Morgan fingerprint density at radius 3 is 2.37 bits per heavy atom. The first-order valence-electron chi connectivity index (χ1n) is 9.07. The molecule has 4 amide bonds. The van der Waals surface area contributed by atoms with Crippen molar-refractivity contribution in [2.75, 3.05) is 39.6 Å². The molecule has 146 valence electrons. The van der Waals surface area contributed by atoms with E-state index in [1.54, 1.807) is 23.9 Å². The monoisotopic (exact) mass is 374 g/mol. The highest BCUT2D eigenvalue weighted by Crippen LogP contribution is 2.44. The number of benzene rings is 1. The van der Waals surface area contributed by atoms with Crippen LogP contribution in [-0.4, -0.2) is 73.6 Å². The van der Waals surface area contributed by atoms with Gasteiger partial charge in [-0.1, -0.05) is 18.2 Å². The molecule has 0 unspecified atom stereocenters. The fourth-order valence-corrected chi connectivity index (χ4v) is 4.28. The number of hydrogen-bond acceptors (Lipinski definition) is 4. The van der Waals surface area contributed by atoms with Gasteiger partial charge < -0.3 is 25.2 Å². The number of anilines is 1. The Bertz CT molecular complexity index is 716. The van der Waals surface area contributed by atoms with Crippen LogP contribution in [0.2, 0.25) is 0 Å². The lowest BCUT2D eigenvalue weighted by atomic mass is 9.75. The molecule has 0 saturated carbocycles. The van der Waals surface area contributed by atoms with Crippen molar-refractivity contribution in [3.63, 3.8) is 0 Å². The molecular formula is C19H26N4O4. The van der Waals surface area contributed by atoms with Crippen LogP contribution in [-0.2, 0) is 14.3 Å². The van der Waals surface area contributed by atoms with Crippen molar-refractivity contribution in [3.8, 4) is 0 Å². The maximum atomic E-state index is 12.6. The maximum Gasteiger partial charge on any atom is 0.321 e. The minimum absolute atomic E-state index is 0.178. The number of hydrogen-bond donors (Lipinski definition) is 2. The van der Waals surface area contributed by atoms with Crippen LogP contribution in [0.5, 0.6) is 0 Å². The standard InChI is InChI=1S/C19H26N4O4/c1-20-16(24)14-15(27-3)17(25)22(2)19(14)9-11-23(12-10-19)18(26)21-13-7-5-4-6-8-13/h4-8,14-15H,9-12H2,1-3H3,(H,20,24)(H,21,26)/t14-,15+/m0/s1. The SMILES string of the molecule is CNC(=O)[C@@H]1[C@@H](OC)C(=O)N(C)C12CCN(C(=O)Nc1ccccc1)CC2. The van der Waals surface area contributed by atoms with Gasteiger partial charge in [0.25, 0.3) is 5.91 Å². The molecular weight excluding hydrogens is 348 g/mol. The van der Waals surface area contributed by atoms with Crippen molar-refractivity contribution >= 4 is 23.5 Å². The molecule has 2 saturated heterocycles. The van der Waals surface area contributed by atoms with Crippen LogP contribution in [0.25, 0.3) is 0 Å². The Balaban J connectivity index is 1.74. The minimum atomic E-state index is -0.792. The molecule has 0 aromatic heterocycles. The summed E-state index contributed by atoms with van der Waals surface area (Å²) < 4.78 is 5.37. The van der Waals surface area contributed by atoms with E-state index in [1.807, 2.05) is 30.3 Å². The summed E-state index contributed by atoms with van der Waals surface area (Å²) in [5.74, 6) is -0.987. The van der Waals surface area contributed by atoms with Crippen molar-refractivity contribution in [3.05, 3.63) is 30.3 Å². The second kappa shape index (κ2) is 7.56. The van der Waals surface area contributed by atoms with Gasteiger partial charge in [-0.2, -0.15) is 0 Å². The number of nitrogens with zero attached hydrogens (tertiary/aromatic N) is 2. The minimum Gasteiger partial charge on any atom is -0.371 e. The molecule has 0 radical (unpaired) electrons. The fourth-order valence-electron chi connectivity index (χ4n) is 4.28. The normalized spacial score (nSPS) is 24.2. The average Bonchev–Trinajstić information content (AvgIpc) is 2.90. The second-order valence-corrected chi connectivity index (χ2v) is 7.03. The quantitative estimate of drug-likeness (QED) is 0.823. The topological polar surface area (TPSA) is 91.0 Å². The first-order valence-corrected chi connectivity index (χ1v) is 9.07. The van der Waals surface area contributed by atoms with Crippen molar-refractivity contribution in [2.45, 2.75) is 24.5 Å². The average molecular weight is 374 g/mol. The van der Waals surface area contributed by atoms with Gasteiger partial charge in [0.05, 0.1) is 11.5 Å². The summed E-state index contributed by atoms with van der Waals surface area (Å²) in [6.45, 7) is 0.917. The molecule has 2 heterocycles. The van der Waals surface area contributed by atoms with Crippen molar-refractivity contribution < 1.29 is 19.1 Å². The number of ether oxygens (including phenoxy) is 1. The number of para-hydroxylation sites is 1. The summed E-state index contributed by atoms with van der Waals surface area (Å²) >= 11 is 0. The molecule has 8 nitrogen and oxygen atoms in total. The lowest BCUT2D eigenvalue weighted by Crippen LogP contribution is -2.59. The fraction of sp³-hybridized carbons (Fsp3) is 0.526. The van der Waals surface area contributed by atoms with E-state index in [0.29, 0.717) is 25.9 Å². The van der Waals surface area contributed by atoms with E-state index in [-0.39, 0.29) is 17.8 Å². The van der Waals surface area contributed by atoms with E-state index < -0.39 is 17.6 Å². The molecule has 1 spiro atoms. The molecule has 2 fully saturated rings. The Morgan fingerprint density at radius 2 is 1.81 bits per heavy atom. The van der Waals surface area contributed by atoms with E-state index in [0.717, 1.165) is 5.69 Å². The number of likely N-dealkylation sites (N-methyl/N-ethyl adjacent to an activating group) is 1. The number of piperidine rings is 1. The van der Waals surface area contributed by atoms with Crippen LogP contribution < -0.4 is 10.6 Å². The first kappa shape index (κ1) is 19.2. The van der Waals surface area contributed by atoms with Crippen LogP contribution in [0.3, 0.4) is 0 Å². The zero-order valence-electron chi connectivity index (χ0n) is 15.9. The molecule has 2 aliphatic heterocycles. The number of urea groups is 1. The van der Waals surface area contributed by atoms with Crippen molar-refractivity contribution in [2.24, 2.45) is 5.92 Å². The summed E-state index contributed by atoms with van der Waals surface area (Å²) in [6, 6.07) is 9.09. The molecule has 27 heavy (non-hydrogen) atoms. The number of methoxy groups -OCH3 is 1. The molecule has 2 atom stereocenters. The molecule has 0 bridgehead atoms. The smallest absolute Gasteiger partial charge is 0.321 e. The van der Waals surface area contributed by atoms with E-state index in [2.05, 4.69) is 10.6 Å². The highest BCUT2D eigenvalue weighted by Gasteiger charge is 2.61. The first-order chi connectivity index (χ1) is 12.9. The molecule has 3 rings (SSSR count). The Morgan fingerprint density at radius 1 is 1.19 bits per heavy atom. The van der Waals surface area contributed by atoms with Crippen LogP contribution in [0, 0.1) is 5.92 Å². The van der Waals surface area contributed by atoms with Gasteiger partial charge in [-0.15, -0.1) is 0 Å². The Labute approximate surface area is 158 Å². The summed E-state index contributed by atoms with van der Waals surface area (Å²) in [7, 11) is 4.73. The zero-order valence-corrected chi connectivity index (χ0v) is 15.9. The molecule has 0 aliphatic carbocycles. The summed E-state index contributed by atoms with van der Waals surface area (Å²) in [5, 5.41) is 5.54. The van der Waals surface area contributed by atoms with Crippen molar-refractivity contribution in [1.29, 1.82) is 0 Å². The summed E-state index contributed by atoms with van der Waals surface area (Å²) in [6.07, 6.45) is 0.254. The number of amides is 4. The van der Waals surface area contributed by atoms with E-state index in [1.165, 1.54) is 7.11 Å². The third-order valence-corrected chi connectivity index (χ3v) is 5.85. The highest BCUT2D eigenvalue weighted by molar-refractivity contribution is 5.95. The lowest BCUT2D eigenvalue weighted by Gasteiger charge is -2.45. The predicted octanol–water partition coefficient (Wildman–Crippen LogP) is 0.902. The second-order valence-electron chi connectivity index (χ2n) is 7.03. The van der Waals surface area contributed by atoms with Crippen molar-refractivity contribution in [1.82, 2.24) is 15.1 Å². The third kappa shape index (κ3) is 3.25. The van der Waals surface area contributed by atoms with Gasteiger partial charge in [-0.25, -0.2) is 4.79 Å². The Hall–Kier alpha value is -2.61. The molecule has 8 heteroatoms. The van der Waals surface area contributed by atoms with E-state index >= 15 is 0 Å². The van der Waals surface area contributed by atoms with Gasteiger partial charge in [0.1, 0.15) is 6.10 Å². The van der Waals surface area contributed by atoms with Gasteiger partial charge in [-0.3, -0.25) is 9.59 Å². The Kier molecular flexibility index (Phi) is 5.36. The van der Waals surface area contributed by atoms with Crippen LogP contribution in [0.1, 0.15) is 12.8 Å². The predicted molar refractivity (Wildman–Crippen MR) is 100 cm³/mol. The van der Waals surface area contributed by atoms with E-state index in [9.17, 15) is 14.4 Å². The van der Waals surface area contributed by atoms with Crippen LogP contribution >= 0.6 is 0 Å². The molecule has 2 aliphatic rings. The van der Waals surface area contributed by atoms with Gasteiger partial charge in [0, 0.05) is 40.0 Å². The number of likely N-dealkylation sites (tertiary alicyclic amines) is 2. The third-order valence-electron chi connectivity index (χ3n) is 5.85. The van der Waals surface area contributed by atoms with Gasteiger partial charge in [0.15, 0.2) is 0 Å². The van der Waals surface area contributed by atoms with Gasteiger partial charge in [0.2, 0.25) is 5.91 Å². The van der Waals surface area contributed by atoms with Crippen LogP contribution in [0.15, 0.2) is 30.3 Å². The number of carbonyl (C=O) groups is 3. The highest BCUT2D eigenvalue weighted by atomic mass is 16.5. The maximum absolute atomic E-state index is 12.6. The zero-order chi connectivity index (χ0) is 19.6.